The van der Waals surface area contributed by atoms with Crippen molar-refractivity contribution >= 4 is 8.32 Å². The van der Waals surface area contributed by atoms with Crippen molar-refractivity contribution in [1.29, 1.82) is 0 Å². The molecule has 1 heterocycles. The third-order valence-electron chi connectivity index (χ3n) is 4.23. The van der Waals surface area contributed by atoms with E-state index in [2.05, 4.69) is 59.0 Å². The van der Waals surface area contributed by atoms with Crippen molar-refractivity contribution in [2.75, 3.05) is 6.61 Å². The summed E-state index contributed by atoms with van der Waals surface area (Å²) in [4.78, 5) is 0. The minimum Gasteiger partial charge on any atom is -0.415 e. The van der Waals surface area contributed by atoms with Gasteiger partial charge < -0.3 is 4.43 Å². The quantitative estimate of drug-likeness (QED) is 0.737. The van der Waals surface area contributed by atoms with E-state index in [1.807, 2.05) is 4.68 Å². The van der Waals surface area contributed by atoms with Crippen LogP contribution in [0.15, 0.2) is 6.20 Å². The van der Waals surface area contributed by atoms with Crippen molar-refractivity contribution in [3.05, 3.63) is 17.5 Å². The Morgan fingerprint density at radius 3 is 2.26 bits per heavy atom. The van der Waals surface area contributed by atoms with Crippen LogP contribution in [0.25, 0.3) is 0 Å². The molecule has 4 heteroatoms. The first-order valence-electron chi connectivity index (χ1n) is 7.40. The highest BCUT2D eigenvalue weighted by molar-refractivity contribution is 6.74. The van der Waals surface area contributed by atoms with E-state index in [0.717, 1.165) is 26.0 Å². The third kappa shape index (κ3) is 4.18. The summed E-state index contributed by atoms with van der Waals surface area (Å²) in [6.45, 7) is 17.4. The standard InChI is InChI=1S/C15H30N2OSi/c1-8-13-12-17(16-14(13)9-2)10-11-18-19(6,7)15(3,4)5/h12H,8-11H2,1-7H3. The molecule has 0 amide bonds. The van der Waals surface area contributed by atoms with Crippen LogP contribution in [0.5, 0.6) is 0 Å². The van der Waals surface area contributed by atoms with Crippen molar-refractivity contribution in [3.63, 3.8) is 0 Å². The number of nitrogens with zero attached hydrogens (tertiary/aromatic N) is 2. The average Bonchev–Trinajstić information content (AvgIpc) is 2.69. The highest BCUT2D eigenvalue weighted by Gasteiger charge is 2.36. The fraction of sp³-hybridized carbons (Fsp3) is 0.800. The lowest BCUT2D eigenvalue weighted by Gasteiger charge is -2.36. The first-order valence-corrected chi connectivity index (χ1v) is 10.3. The predicted octanol–water partition coefficient (Wildman–Crippen LogP) is 4.03. The van der Waals surface area contributed by atoms with Crippen LogP contribution in [-0.2, 0) is 23.8 Å². The van der Waals surface area contributed by atoms with E-state index >= 15 is 0 Å². The molecule has 1 aromatic rings. The van der Waals surface area contributed by atoms with Gasteiger partial charge in [0.1, 0.15) is 0 Å². The van der Waals surface area contributed by atoms with E-state index < -0.39 is 8.32 Å². The Labute approximate surface area is 119 Å². The Morgan fingerprint density at radius 2 is 1.84 bits per heavy atom. The molecular formula is C15H30N2OSi. The maximum atomic E-state index is 6.19. The van der Waals surface area contributed by atoms with Crippen LogP contribution < -0.4 is 0 Å². The number of hydrogen-bond donors (Lipinski definition) is 0. The molecule has 0 spiro atoms. The highest BCUT2D eigenvalue weighted by Crippen LogP contribution is 2.36. The van der Waals surface area contributed by atoms with Gasteiger partial charge in [-0.15, -0.1) is 0 Å². The zero-order chi connectivity index (χ0) is 14.7. The molecule has 0 bridgehead atoms. The second-order valence-corrected chi connectivity index (χ2v) is 11.5. The maximum Gasteiger partial charge on any atom is 0.192 e. The van der Waals surface area contributed by atoms with Crippen molar-refractivity contribution in [1.82, 2.24) is 9.78 Å². The number of rotatable bonds is 6. The summed E-state index contributed by atoms with van der Waals surface area (Å²) in [6, 6.07) is 0. The molecule has 3 nitrogen and oxygen atoms in total. The lowest BCUT2D eigenvalue weighted by atomic mass is 10.2. The third-order valence-corrected chi connectivity index (χ3v) is 8.77. The Kier molecular flexibility index (Phi) is 5.39. The fourth-order valence-corrected chi connectivity index (χ4v) is 2.86. The topological polar surface area (TPSA) is 27.1 Å². The van der Waals surface area contributed by atoms with Gasteiger partial charge >= 0.3 is 0 Å². The zero-order valence-electron chi connectivity index (χ0n) is 13.7. The molecule has 0 saturated heterocycles. The van der Waals surface area contributed by atoms with Gasteiger partial charge in [0, 0.05) is 6.20 Å². The second-order valence-electron chi connectivity index (χ2n) is 6.68. The van der Waals surface area contributed by atoms with E-state index in [-0.39, 0.29) is 5.04 Å². The van der Waals surface area contributed by atoms with Crippen LogP contribution in [0, 0.1) is 0 Å². The molecule has 0 atom stereocenters. The fourth-order valence-electron chi connectivity index (χ4n) is 1.82. The summed E-state index contributed by atoms with van der Waals surface area (Å²) in [6.07, 6.45) is 4.25. The van der Waals surface area contributed by atoms with Crippen molar-refractivity contribution in [2.45, 2.75) is 72.1 Å². The molecule has 0 aliphatic carbocycles. The molecule has 110 valence electrons. The van der Waals surface area contributed by atoms with Gasteiger partial charge in [0.2, 0.25) is 0 Å². The van der Waals surface area contributed by atoms with Crippen molar-refractivity contribution in [2.24, 2.45) is 0 Å². The minimum absolute atomic E-state index is 0.278. The minimum atomic E-state index is -1.62. The summed E-state index contributed by atoms with van der Waals surface area (Å²) in [5.41, 5.74) is 2.60. The molecule has 0 aromatic carbocycles. The van der Waals surface area contributed by atoms with Gasteiger partial charge in [-0.3, -0.25) is 4.68 Å². The van der Waals surface area contributed by atoms with Crippen LogP contribution in [-0.4, -0.2) is 24.7 Å². The normalized spacial score (nSPS) is 13.0. The predicted molar refractivity (Wildman–Crippen MR) is 84.1 cm³/mol. The Balaban J connectivity index is 2.56. The summed E-state index contributed by atoms with van der Waals surface area (Å²) in [7, 11) is -1.62. The first kappa shape index (κ1) is 16.4. The van der Waals surface area contributed by atoms with Crippen LogP contribution in [0.2, 0.25) is 18.1 Å². The molecule has 0 aliphatic heterocycles. The Hall–Kier alpha value is -0.613. The average molecular weight is 283 g/mol. The van der Waals surface area contributed by atoms with Crippen LogP contribution in [0.4, 0.5) is 0 Å². The monoisotopic (exact) mass is 282 g/mol. The van der Waals surface area contributed by atoms with Crippen LogP contribution >= 0.6 is 0 Å². The molecule has 0 saturated carbocycles. The molecular weight excluding hydrogens is 252 g/mol. The SMILES string of the molecule is CCc1cn(CCO[Si](C)(C)C(C)(C)C)nc1CC. The Bertz CT molecular complexity index is 383. The van der Waals surface area contributed by atoms with Gasteiger partial charge in [-0.1, -0.05) is 34.6 Å². The molecule has 19 heavy (non-hydrogen) atoms. The molecule has 0 fully saturated rings. The van der Waals surface area contributed by atoms with Crippen molar-refractivity contribution in [3.8, 4) is 0 Å². The number of aromatic nitrogens is 2. The maximum absolute atomic E-state index is 6.19. The van der Waals surface area contributed by atoms with E-state index in [1.165, 1.54) is 11.3 Å². The second kappa shape index (κ2) is 6.22. The van der Waals surface area contributed by atoms with Crippen molar-refractivity contribution < 1.29 is 4.43 Å². The van der Waals surface area contributed by atoms with Gasteiger partial charge in [-0.25, -0.2) is 0 Å². The molecule has 1 aromatic heterocycles. The smallest absolute Gasteiger partial charge is 0.192 e. The van der Waals surface area contributed by atoms with Gasteiger partial charge in [0.15, 0.2) is 8.32 Å². The molecule has 0 aliphatic rings. The number of hydrogen-bond acceptors (Lipinski definition) is 2. The lowest BCUT2D eigenvalue weighted by Crippen LogP contribution is -2.41. The van der Waals surface area contributed by atoms with Gasteiger partial charge in [-0.05, 0) is 36.5 Å². The molecule has 0 radical (unpaired) electrons. The largest absolute Gasteiger partial charge is 0.415 e. The van der Waals surface area contributed by atoms with E-state index in [4.69, 9.17) is 4.43 Å². The summed E-state index contributed by atoms with van der Waals surface area (Å²) >= 11 is 0. The zero-order valence-corrected chi connectivity index (χ0v) is 14.7. The van der Waals surface area contributed by atoms with E-state index in [9.17, 15) is 0 Å². The van der Waals surface area contributed by atoms with Gasteiger partial charge in [0.25, 0.3) is 0 Å². The highest BCUT2D eigenvalue weighted by atomic mass is 28.4. The van der Waals surface area contributed by atoms with Crippen LogP contribution in [0.1, 0.15) is 45.9 Å². The lowest BCUT2D eigenvalue weighted by molar-refractivity contribution is 0.265. The molecule has 0 N–H and O–H groups in total. The van der Waals surface area contributed by atoms with E-state index in [0.29, 0.717) is 0 Å². The summed E-state index contributed by atoms with van der Waals surface area (Å²) < 4.78 is 8.24. The van der Waals surface area contributed by atoms with Gasteiger partial charge in [0.05, 0.1) is 18.8 Å². The van der Waals surface area contributed by atoms with E-state index in [1.54, 1.807) is 0 Å². The van der Waals surface area contributed by atoms with Crippen LogP contribution in [0.3, 0.4) is 0 Å². The number of aryl methyl sites for hydroxylation is 2. The summed E-state index contributed by atoms with van der Waals surface area (Å²) in [5, 5.41) is 4.91. The first-order chi connectivity index (χ1) is 8.71. The molecule has 0 unspecified atom stereocenters. The summed E-state index contributed by atoms with van der Waals surface area (Å²) in [5.74, 6) is 0. The molecule has 1 rings (SSSR count). The van der Waals surface area contributed by atoms with Gasteiger partial charge in [-0.2, -0.15) is 5.10 Å². The Morgan fingerprint density at radius 1 is 1.21 bits per heavy atom.